The summed E-state index contributed by atoms with van der Waals surface area (Å²) in [5, 5.41) is 11.6. The lowest BCUT2D eigenvalue weighted by atomic mass is 10.1. The van der Waals surface area contributed by atoms with Gasteiger partial charge in [-0.2, -0.15) is 5.26 Å². The number of morpholine rings is 1. The van der Waals surface area contributed by atoms with E-state index in [9.17, 15) is 9.59 Å². The number of amides is 1. The molecule has 9 nitrogen and oxygen atoms in total. The van der Waals surface area contributed by atoms with Crippen molar-refractivity contribution in [1.82, 2.24) is 0 Å². The van der Waals surface area contributed by atoms with E-state index in [1.807, 2.05) is 26.0 Å². The number of carbonyl (C=O) groups excluding carboxylic acids is 2. The van der Waals surface area contributed by atoms with Gasteiger partial charge in [-0.25, -0.2) is 4.79 Å². The molecule has 1 N–H and O–H groups in total. The van der Waals surface area contributed by atoms with E-state index >= 15 is 0 Å². The summed E-state index contributed by atoms with van der Waals surface area (Å²) < 4.78 is 22.1. The molecular formula is C24H27N3O6. The highest BCUT2D eigenvalue weighted by Gasteiger charge is 2.21. The van der Waals surface area contributed by atoms with Gasteiger partial charge in [-0.15, -0.1) is 0 Å². The minimum Gasteiger partial charge on any atom is -0.492 e. The van der Waals surface area contributed by atoms with Crippen LogP contribution in [0.25, 0.3) is 0 Å². The minimum atomic E-state index is -0.655. The van der Waals surface area contributed by atoms with Crippen molar-refractivity contribution in [2.45, 2.75) is 13.8 Å². The van der Waals surface area contributed by atoms with Crippen LogP contribution in [0.2, 0.25) is 0 Å². The molecule has 0 unspecified atom stereocenters. The zero-order chi connectivity index (χ0) is 23.6. The summed E-state index contributed by atoms with van der Waals surface area (Å²) in [6.45, 7) is 6.84. The summed E-state index contributed by atoms with van der Waals surface area (Å²) in [6.07, 6.45) is 0. The lowest BCUT2D eigenvalue weighted by molar-refractivity contribution is -0.119. The molecule has 1 fully saturated rings. The Hall–Kier alpha value is -3.77. The smallest absolute Gasteiger partial charge is 0.338 e. The predicted molar refractivity (Wildman–Crippen MR) is 122 cm³/mol. The molecule has 2 aromatic carbocycles. The number of esters is 1. The van der Waals surface area contributed by atoms with Crippen LogP contribution in [0.15, 0.2) is 36.4 Å². The third-order valence-electron chi connectivity index (χ3n) is 4.87. The Balaban J connectivity index is 1.72. The number of nitrogens with zero attached hydrogens (tertiary/aromatic N) is 2. The fourth-order valence-corrected chi connectivity index (χ4v) is 3.33. The number of nitrogens with one attached hydrogen (secondary N) is 1. The topological polar surface area (TPSA) is 110 Å². The zero-order valence-electron chi connectivity index (χ0n) is 18.8. The van der Waals surface area contributed by atoms with E-state index in [4.69, 9.17) is 24.2 Å². The van der Waals surface area contributed by atoms with Crippen LogP contribution in [0.3, 0.4) is 0 Å². The monoisotopic (exact) mass is 453 g/mol. The highest BCUT2D eigenvalue weighted by atomic mass is 16.5. The van der Waals surface area contributed by atoms with Gasteiger partial charge in [0.05, 0.1) is 55.0 Å². The molecule has 1 aliphatic rings. The molecule has 0 saturated carbocycles. The number of nitriles is 1. The second-order valence-electron chi connectivity index (χ2n) is 7.10. The van der Waals surface area contributed by atoms with Gasteiger partial charge in [-0.05, 0) is 38.1 Å². The van der Waals surface area contributed by atoms with Crippen LogP contribution in [0, 0.1) is 11.3 Å². The second-order valence-corrected chi connectivity index (χ2v) is 7.10. The van der Waals surface area contributed by atoms with Gasteiger partial charge in [-0.3, -0.25) is 4.79 Å². The molecule has 9 heteroatoms. The van der Waals surface area contributed by atoms with Crippen LogP contribution < -0.4 is 19.7 Å². The first-order chi connectivity index (χ1) is 16.0. The molecule has 174 valence electrons. The van der Waals surface area contributed by atoms with Crippen LogP contribution in [-0.4, -0.2) is 58.0 Å². The molecule has 1 heterocycles. The van der Waals surface area contributed by atoms with Crippen LogP contribution in [0.4, 0.5) is 11.4 Å². The third-order valence-corrected chi connectivity index (χ3v) is 4.87. The first-order valence-corrected chi connectivity index (χ1v) is 10.8. The third kappa shape index (κ3) is 6.37. The maximum atomic E-state index is 12.5. The average Bonchev–Trinajstić information content (AvgIpc) is 2.85. The van der Waals surface area contributed by atoms with Crippen molar-refractivity contribution >= 4 is 23.3 Å². The van der Waals surface area contributed by atoms with Crippen LogP contribution in [-0.2, 0) is 14.3 Å². The van der Waals surface area contributed by atoms with Gasteiger partial charge in [0.2, 0.25) is 0 Å². The van der Waals surface area contributed by atoms with Crippen molar-refractivity contribution in [3.63, 3.8) is 0 Å². The molecule has 1 saturated heterocycles. The largest absolute Gasteiger partial charge is 0.492 e. The number of hydrogen-bond donors (Lipinski definition) is 1. The summed E-state index contributed by atoms with van der Waals surface area (Å²) in [5.74, 6) is -0.0567. The average molecular weight is 453 g/mol. The van der Waals surface area contributed by atoms with E-state index in [2.05, 4.69) is 10.2 Å². The standard InChI is InChI=1S/C24H27N3O6/c1-3-31-21-14-20(27-9-11-30-12-10-27)22(32-4-2)13-19(21)26-23(28)16-33-24(29)18-7-5-17(15-25)6-8-18/h5-8,13-14H,3-4,9-12,16H2,1-2H3,(H,26,28). The van der Waals surface area contributed by atoms with Crippen LogP contribution in [0.5, 0.6) is 11.5 Å². The van der Waals surface area contributed by atoms with Gasteiger partial charge in [0.15, 0.2) is 6.61 Å². The molecule has 0 bridgehead atoms. The summed E-state index contributed by atoms with van der Waals surface area (Å²) >= 11 is 0. The fourth-order valence-electron chi connectivity index (χ4n) is 3.33. The fraction of sp³-hybridized carbons (Fsp3) is 0.375. The summed E-state index contributed by atoms with van der Waals surface area (Å²) in [5.41, 5.74) is 1.98. The number of hydrogen-bond acceptors (Lipinski definition) is 8. The molecule has 1 amide bonds. The highest BCUT2D eigenvalue weighted by Crippen LogP contribution is 2.39. The predicted octanol–water partition coefficient (Wildman–Crippen LogP) is 2.99. The first kappa shape index (κ1) is 23.9. The van der Waals surface area contributed by atoms with Crippen LogP contribution in [0.1, 0.15) is 29.8 Å². The number of anilines is 2. The Labute approximate surface area is 192 Å². The maximum absolute atomic E-state index is 12.5. The molecule has 0 radical (unpaired) electrons. The van der Waals surface area contributed by atoms with E-state index in [0.717, 1.165) is 18.8 Å². The Kier molecular flexibility index (Phi) is 8.49. The van der Waals surface area contributed by atoms with Crippen molar-refractivity contribution in [2.24, 2.45) is 0 Å². The molecule has 1 aliphatic heterocycles. The SMILES string of the molecule is CCOc1cc(N2CCOCC2)c(OCC)cc1NC(=O)COC(=O)c1ccc(C#N)cc1. The van der Waals surface area contributed by atoms with E-state index < -0.39 is 18.5 Å². The molecule has 0 atom stereocenters. The van der Waals surface area contributed by atoms with Gasteiger partial charge in [0.1, 0.15) is 11.5 Å². The molecular weight excluding hydrogens is 426 g/mol. The van der Waals surface area contributed by atoms with E-state index in [1.54, 1.807) is 6.07 Å². The molecule has 0 aliphatic carbocycles. The van der Waals surface area contributed by atoms with Crippen molar-refractivity contribution < 1.29 is 28.5 Å². The summed E-state index contributed by atoms with van der Waals surface area (Å²) in [6, 6.07) is 11.5. The lowest BCUT2D eigenvalue weighted by Gasteiger charge is -2.31. The van der Waals surface area contributed by atoms with E-state index in [1.165, 1.54) is 24.3 Å². The molecule has 0 aromatic heterocycles. The Bertz CT molecular complexity index is 1010. The lowest BCUT2D eigenvalue weighted by Crippen LogP contribution is -2.36. The molecule has 0 spiro atoms. The maximum Gasteiger partial charge on any atom is 0.338 e. The van der Waals surface area contributed by atoms with E-state index in [0.29, 0.717) is 49.2 Å². The van der Waals surface area contributed by atoms with Crippen LogP contribution >= 0.6 is 0 Å². The van der Waals surface area contributed by atoms with Gasteiger partial charge >= 0.3 is 5.97 Å². The minimum absolute atomic E-state index is 0.255. The number of ether oxygens (including phenoxy) is 4. The van der Waals surface area contributed by atoms with Crippen molar-refractivity contribution in [3.8, 4) is 17.6 Å². The Morgan fingerprint density at radius 3 is 2.36 bits per heavy atom. The van der Waals surface area contributed by atoms with Gasteiger partial charge in [0.25, 0.3) is 5.91 Å². The van der Waals surface area contributed by atoms with Crippen molar-refractivity contribution in [1.29, 1.82) is 5.26 Å². The van der Waals surface area contributed by atoms with E-state index in [-0.39, 0.29) is 5.56 Å². The number of rotatable bonds is 9. The quantitative estimate of drug-likeness (QED) is 0.577. The molecule has 3 rings (SSSR count). The van der Waals surface area contributed by atoms with Crippen molar-refractivity contribution in [3.05, 3.63) is 47.5 Å². The summed E-state index contributed by atoms with van der Waals surface area (Å²) in [4.78, 5) is 26.8. The van der Waals surface area contributed by atoms with Gasteiger partial charge in [0, 0.05) is 25.2 Å². The van der Waals surface area contributed by atoms with Gasteiger partial charge < -0.3 is 29.2 Å². The number of benzene rings is 2. The Morgan fingerprint density at radius 2 is 1.73 bits per heavy atom. The van der Waals surface area contributed by atoms with Crippen molar-refractivity contribution in [2.75, 3.05) is 56.3 Å². The zero-order valence-corrected chi connectivity index (χ0v) is 18.8. The first-order valence-electron chi connectivity index (χ1n) is 10.8. The van der Waals surface area contributed by atoms with Gasteiger partial charge in [-0.1, -0.05) is 0 Å². The number of carbonyl (C=O) groups is 2. The highest BCUT2D eigenvalue weighted by molar-refractivity contribution is 5.97. The molecule has 2 aromatic rings. The molecule has 33 heavy (non-hydrogen) atoms. The second kappa shape index (κ2) is 11.7. The summed E-state index contributed by atoms with van der Waals surface area (Å²) in [7, 11) is 0. The normalized spacial score (nSPS) is 13.1. The Morgan fingerprint density at radius 1 is 1.06 bits per heavy atom.